The highest BCUT2D eigenvalue weighted by Gasteiger charge is 2.12. The fourth-order valence-electron chi connectivity index (χ4n) is 2.58. The molecule has 0 aromatic heterocycles. The molecule has 0 atom stereocenters. The summed E-state index contributed by atoms with van der Waals surface area (Å²) in [5, 5.41) is 15.1. The largest absolute Gasteiger partial charge is 0.355 e. The summed E-state index contributed by atoms with van der Waals surface area (Å²) >= 11 is 0. The van der Waals surface area contributed by atoms with Gasteiger partial charge in [0, 0.05) is 44.3 Å². The Labute approximate surface area is 144 Å². The molecule has 0 spiro atoms. The van der Waals surface area contributed by atoms with Crippen LogP contribution in [0.5, 0.6) is 0 Å². The number of hydrogen-bond acceptors (Lipinski definition) is 3. The van der Waals surface area contributed by atoms with Gasteiger partial charge in [0.05, 0.1) is 11.6 Å². The number of nitriles is 1. The Morgan fingerprint density at radius 1 is 1.25 bits per heavy atom. The molecule has 0 aliphatic rings. The summed E-state index contributed by atoms with van der Waals surface area (Å²) in [6.07, 6.45) is 0. The van der Waals surface area contributed by atoms with Gasteiger partial charge >= 0.3 is 0 Å². The van der Waals surface area contributed by atoms with Gasteiger partial charge in [0.2, 0.25) is 0 Å². The second-order valence-electron chi connectivity index (χ2n) is 6.20. The molecule has 1 rings (SSSR count). The molecule has 2 N–H and O–H groups in total. The average molecular weight is 333 g/mol. The van der Waals surface area contributed by atoms with E-state index in [1.165, 1.54) is 6.07 Å². The molecule has 5 nitrogen and oxygen atoms in total. The first-order valence-corrected chi connectivity index (χ1v) is 8.27. The number of hydrogen-bond donors (Lipinski definition) is 2. The first-order chi connectivity index (χ1) is 11.4. The highest BCUT2D eigenvalue weighted by molar-refractivity contribution is 5.79. The van der Waals surface area contributed by atoms with Gasteiger partial charge in [-0.1, -0.05) is 6.07 Å². The molecule has 6 heteroatoms. The molecule has 0 saturated carbocycles. The Kier molecular flexibility index (Phi) is 8.20. The van der Waals surface area contributed by atoms with Crippen molar-refractivity contribution in [2.45, 2.75) is 46.3 Å². The molecular weight excluding hydrogens is 305 g/mol. The van der Waals surface area contributed by atoms with E-state index in [0.717, 1.165) is 13.1 Å². The first-order valence-electron chi connectivity index (χ1n) is 8.27. The van der Waals surface area contributed by atoms with E-state index < -0.39 is 0 Å². The maximum Gasteiger partial charge on any atom is 0.191 e. The van der Waals surface area contributed by atoms with E-state index in [2.05, 4.69) is 48.2 Å². The highest BCUT2D eigenvalue weighted by Crippen LogP contribution is 2.09. The van der Waals surface area contributed by atoms with Crippen molar-refractivity contribution in [3.05, 3.63) is 35.1 Å². The third kappa shape index (κ3) is 6.17. The fraction of sp³-hybridized carbons (Fsp3) is 0.556. The highest BCUT2D eigenvalue weighted by atomic mass is 19.1. The number of halogens is 1. The van der Waals surface area contributed by atoms with Crippen LogP contribution in [0.25, 0.3) is 0 Å². The minimum Gasteiger partial charge on any atom is -0.355 e. The van der Waals surface area contributed by atoms with Crippen molar-refractivity contribution in [3.8, 4) is 6.07 Å². The van der Waals surface area contributed by atoms with Gasteiger partial charge in [-0.15, -0.1) is 0 Å². The summed E-state index contributed by atoms with van der Waals surface area (Å²) in [5.74, 6) is 0.244. The van der Waals surface area contributed by atoms with Crippen molar-refractivity contribution in [2.75, 3.05) is 20.1 Å². The predicted molar refractivity (Wildman–Crippen MR) is 96.3 cm³/mol. The van der Waals surface area contributed by atoms with Crippen molar-refractivity contribution >= 4 is 5.96 Å². The molecule has 0 unspecified atom stereocenters. The maximum absolute atomic E-state index is 13.9. The van der Waals surface area contributed by atoms with E-state index >= 15 is 0 Å². The van der Waals surface area contributed by atoms with Gasteiger partial charge in [-0.2, -0.15) is 5.26 Å². The smallest absolute Gasteiger partial charge is 0.191 e. The maximum atomic E-state index is 13.9. The van der Waals surface area contributed by atoms with Crippen LogP contribution in [0.1, 0.15) is 38.8 Å². The van der Waals surface area contributed by atoms with E-state index in [1.54, 1.807) is 19.2 Å². The quantitative estimate of drug-likeness (QED) is 0.594. The number of guanidine groups is 1. The molecule has 0 amide bonds. The molecule has 0 fully saturated rings. The van der Waals surface area contributed by atoms with Crippen LogP contribution in [0, 0.1) is 17.1 Å². The van der Waals surface area contributed by atoms with Crippen molar-refractivity contribution in [3.63, 3.8) is 0 Å². The molecule has 24 heavy (non-hydrogen) atoms. The summed E-state index contributed by atoms with van der Waals surface area (Å²) in [4.78, 5) is 6.54. The zero-order chi connectivity index (χ0) is 18.1. The van der Waals surface area contributed by atoms with Crippen LogP contribution in [0.2, 0.25) is 0 Å². The van der Waals surface area contributed by atoms with Crippen LogP contribution in [0.3, 0.4) is 0 Å². The van der Waals surface area contributed by atoms with E-state index in [4.69, 9.17) is 5.26 Å². The summed E-state index contributed by atoms with van der Waals surface area (Å²) in [6, 6.07) is 7.36. The van der Waals surface area contributed by atoms with Crippen molar-refractivity contribution < 1.29 is 4.39 Å². The normalized spacial score (nSPS) is 11.9. The van der Waals surface area contributed by atoms with Gasteiger partial charge in [-0.3, -0.25) is 9.89 Å². The summed E-state index contributed by atoms with van der Waals surface area (Å²) < 4.78 is 13.9. The van der Waals surface area contributed by atoms with Crippen LogP contribution in [-0.4, -0.2) is 43.1 Å². The zero-order valence-corrected chi connectivity index (χ0v) is 15.2. The molecule has 1 aromatic rings. The fourth-order valence-corrected chi connectivity index (χ4v) is 2.58. The van der Waals surface area contributed by atoms with Crippen molar-refractivity contribution in [1.82, 2.24) is 15.5 Å². The summed E-state index contributed by atoms with van der Waals surface area (Å²) in [6.45, 7) is 10.7. The molecule has 0 radical (unpaired) electrons. The Hall–Kier alpha value is -2.13. The molecule has 0 heterocycles. The molecule has 0 saturated heterocycles. The number of aliphatic imine (C=N–C) groups is 1. The summed E-state index contributed by atoms with van der Waals surface area (Å²) in [7, 11) is 1.69. The van der Waals surface area contributed by atoms with Crippen LogP contribution < -0.4 is 10.6 Å². The Balaban J connectivity index is 2.50. The molecular formula is C18H28FN5. The molecule has 0 aliphatic carbocycles. The second kappa shape index (κ2) is 9.89. The monoisotopic (exact) mass is 333 g/mol. The first kappa shape index (κ1) is 19.9. The minimum absolute atomic E-state index is 0.315. The van der Waals surface area contributed by atoms with E-state index in [1.807, 2.05) is 6.07 Å². The third-order valence-electron chi connectivity index (χ3n) is 3.84. The van der Waals surface area contributed by atoms with Gasteiger partial charge in [-0.05, 0) is 39.8 Å². The van der Waals surface area contributed by atoms with Gasteiger partial charge < -0.3 is 10.6 Å². The van der Waals surface area contributed by atoms with Crippen LogP contribution in [-0.2, 0) is 6.54 Å². The van der Waals surface area contributed by atoms with Crippen LogP contribution >= 0.6 is 0 Å². The summed E-state index contributed by atoms with van der Waals surface area (Å²) in [5.41, 5.74) is 0.823. The van der Waals surface area contributed by atoms with Gasteiger partial charge in [-0.25, -0.2) is 4.39 Å². The molecule has 132 valence electrons. The molecule has 0 aliphatic heterocycles. The SMILES string of the molecule is CN=C(NCCN(C(C)C)C(C)C)NCc1ccc(C#N)cc1F. The van der Waals surface area contributed by atoms with Crippen molar-refractivity contribution in [1.29, 1.82) is 5.26 Å². The Bertz CT molecular complexity index is 582. The van der Waals surface area contributed by atoms with Crippen molar-refractivity contribution in [2.24, 2.45) is 4.99 Å². The molecule has 1 aromatic carbocycles. The van der Waals surface area contributed by atoms with Crippen LogP contribution in [0.4, 0.5) is 4.39 Å². The minimum atomic E-state index is -0.386. The Morgan fingerprint density at radius 3 is 2.42 bits per heavy atom. The number of benzene rings is 1. The van der Waals surface area contributed by atoms with Gasteiger partial charge in [0.25, 0.3) is 0 Å². The van der Waals surface area contributed by atoms with E-state index in [0.29, 0.717) is 35.7 Å². The van der Waals surface area contributed by atoms with Gasteiger partial charge in [0.1, 0.15) is 5.82 Å². The Morgan fingerprint density at radius 2 is 1.92 bits per heavy atom. The zero-order valence-electron chi connectivity index (χ0n) is 15.2. The third-order valence-corrected chi connectivity index (χ3v) is 3.84. The second-order valence-corrected chi connectivity index (χ2v) is 6.20. The lowest BCUT2D eigenvalue weighted by molar-refractivity contribution is 0.178. The topological polar surface area (TPSA) is 63.5 Å². The van der Waals surface area contributed by atoms with E-state index in [9.17, 15) is 4.39 Å². The number of nitrogens with one attached hydrogen (secondary N) is 2. The van der Waals surface area contributed by atoms with Gasteiger partial charge in [0.15, 0.2) is 5.96 Å². The lowest BCUT2D eigenvalue weighted by Gasteiger charge is -2.30. The number of rotatable bonds is 7. The lowest BCUT2D eigenvalue weighted by Crippen LogP contribution is -2.45. The predicted octanol–water partition coefficient (Wildman–Crippen LogP) is 2.48. The molecule has 0 bridgehead atoms. The standard InChI is InChI=1S/C18H28FN5/c1-13(2)24(14(3)4)9-8-22-18(21-5)23-12-16-7-6-15(11-20)10-17(16)19/h6-7,10,13-14H,8-9,12H2,1-5H3,(H2,21,22,23). The number of nitrogens with zero attached hydrogens (tertiary/aromatic N) is 3. The lowest BCUT2D eigenvalue weighted by atomic mass is 10.1. The van der Waals surface area contributed by atoms with E-state index in [-0.39, 0.29) is 5.82 Å². The average Bonchev–Trinajstić information content (AvgIpc) is 2.54. The van der Waals surface area contributed by atoms with Crippen LogP contribution in [0.15, 0.2) is 23.2 Å².